The van der Waals surface area contributed by atoms with E-state index < -0.39 is 42.6 Å². The molecule has 0 bridgehead atoms. The molecule has 1 saturated carbocycles. The first kappa shape index (κ1) is 28.7. The summed E-state index contributed by atoms with van der Waals surface area (Å²) in [5.74, 6) is -1.36. The van der Waals surface area contributed by atoms with E-state index in [4.69, 9.17) is 0 Å². The molecule has 204 valence electrons. The lowest BCUT2D eigenvalue weighted by atomic mass is 9.65. The molecule has 2 aromatic rings. The number of aromatic nitrogens is 2. The van der Waals surface area contributed by atoms with Crippen LogP contribution in [0.25, 0.3) is 0 Å². The Kier molecular flexibility index (Phi) is 8.40. The highest BCUT2D eigenvalue weighted by molar-refractivity contribution is 5.91. The number of benzene rings is 1. The number of carbonyl (C=O) groups excluding carboxylic acids is 1. The first-order valence-electron chi connectivity index (χ1n) is 11.9. The number of carbonyl (C=O) groups is 1. The van der Waals surface area contributed by atoms with Gasteiger partial charge < -0.3 is 5.32 Å². The molecule has 0 atom stereocenters. The number of urea groups is 1. The molecule has 0 unspecified atom stereocenters. The number of halogens is 6. The van der Waals surface area contributed by atoms with Crippen molar-refractivity contribution in [3.63, 3.8) is 0 Å². The molecule has 1 aromatic carbocycles. The zero-order valence-electron chi connectivity index (χ0n) is 21.0. The average Bonchev–Trinajstić information content (AvgIpc) is 2.82. The van der Waals surface area contributed by atoms with Gasteiger partial charge in [-0.1, -0.05) is 37.3 Å². The first-order valence-corrected chi connectivity index (χ1v) is 11.9. The van der Waals surface area contributed by atoms with Crippen LogP contribution in [-0.2, 0) is 11.7 Å². The third-order valence-corrected chi connectivity index (χ3v) is 7.12. The number of amides is 2. The van der Waals surface area contributed by atoms with E-state index in [-0.39, 0.29) is 17.8 Å². The highest BCUT2D eigenvalue weighted by atomic mass is 19.4. The lowest BCUT2D eigenvalue weighted by Gasteiger charge is -2.50. The standard InChI is InChI=1S/C25H31F6N5O/c1-22(9-11-23(12-10-22,35(2)3)18-7-5-4-6-8-18)17-36(21(37)32-14-13-24(26,27)28)19-15-33-20(34-16-19)25(29,30)31/h4-8,15-16H,9-14,17H2,1-3H3,(H,32,37). The lowest BCUT2D eigenvalue weighted by molar-refractivity contribution is -0.145. The van der Waals surface area contributed by atoms with Crippen LogP contribution in [0.2, 0.25) is 0 Å². The van der Waals surface area contributed by atoms with Crippen molar-refractivity contribution in [2.75, 3.05) is 32.1 Å². The fraction of sp³-hybridized carbons (Fsp3) is 0.560. The molecular formula is C25H31F6N5O. The molecule has 1 aliphatic carbocycles. The molecule has 0 aliphatic heterocycles. The molecule has 1 aromatic heterocycles. The van der Waals surface area contributed by atoms with Gasteiger partial charge in [-0.3, -0.25) is 9.80 Å². The van der Waals surface area contributed by atoms with Crippen molar-refractivity contribution in [1.82, 2.24) is 20.2 Å². The van der Waals surface area contributed by atoms with Crippen LogP contribution in [0, 0.1) is 5.41 Å². The van der Waals surface area contributed by atoms with E-state index in [9.17, 15) is 31.1 Å². The maximum Gasteiger partial charge on any atom is 0.451 e. The van der Waals surface area contributed by atoms with E-state index >= 15 is 0 Å². The highest BCUT2D eigenvalue weighted by Crippen LogP contribution is 2.48. The normalized spacial score (nSPS) is 22.6. The quantitative estimate of drug-likeness (QED) is 0.445. The number of nitrogens with zero attached hydrogens (tertiary/aromatic N) is 4. The van der Waals surface area contributed by atoms with E-state index in [1.807, 2.05) is 39.2 Å². The Labute approximate surface area is 212 Å². The van der Waals surface area contributed by atoms with Gasteiger partial charge in [-0.25, -0.2) is 14.8 Å². The maximum atomic E-state index is 12.9. The summed E-state index contributed by atoms with van der Waals surface area (Å²) in [5.41, 5.74) is 0.474. The lowest BCUT2D eigenvalue weighted by Crippen LogP contribution is -2.51. The summed E-state index contributed by atoms with van der Waals surface area (Å²) in [6.07, 6.45) is -5.84. The fourth-order valence-electron chi connectivity index (χ4n) is 4.84. The maximum absolute atomic E-state index is 12.9. The van der Waals surface area contributed by atoms with Gasteiger partial charge in [0.2, 0.25) is 5.82 Å². The van der Waals surface area contributed by atoms with Crippen molar-refractivity contribution in [3.05, 3.63) is 54.1 Å². The second kappa shape index (κ2) is 10.8. The van der Waals surface area contributed by atoms with E-state index in [1.165, 1.54) is 5.56 Å². The summed E-state index contributed by atoms with van der Waals surface area (Å²) < 4.78 is 76.6. The molecule has 1 aliphatic rings. The van der Waals surface area contributed by atoms with Crippen molar-refractivity contribution >= 4 is 11.7 Å². The topological polar surface area (TPSA) is 61.4 Å². The van der Waals surface area contributed by atoms with Crippen molar-refractivity contribution < 1.29 is 31.1 Å². The second-order valence-electron chi connectivity index (χ2n) is 10.0. The number of hydrogen-bond acceptors (Lipinski definition) is 4. The average molecular weight is 532 g/mol. The summed E-state index contributed by atoms with van der Waals surface area (Å²) in [7, 11) is 4.02. The second-order valence-corrected chi connectivity index (χ2v) is 10.0. The van der Waals surface area contributed by atoms with Crippen molar-refractivity contribution in [1.29, 1.82) is 0 Å². The number of rotatable bonds is 7. The molecule has 12 heteroatoms. The fourth-order valence-corrected chi connectivity index (χ4v) is 4.84. The third kappa shape index (κ3) is 7.12. The predicted octanol–water partition coefficient (Wildman–Crippen LogP) is 6.00. The summed E-state index contributed by atoms with van der Waals surface area (Å²) >= 11 is 0. The van der Waals surface area contributed by atoms with Crippen molar-refractivity contribution in [3.8, 4) is 0 Å². The Balaban J connectivity index is 1.82. The third-order valence-electron chi connectivity index (χ3n) is 7.12. The Morgan fingerprint density at radius 3 is 2.03 bits per heavy atom. The van der Waals surface area contributed by atoms with Crippen LogP contribution in [0.5, 0.6) is 0 Å². The first-order chi connectivity index (χ1) is 17.2. The van der Waals surface area contributed by atoms with Gasteiger partial charge in [0, 0.05) is 18.6 Å². The van der Waals surface area contributed by atoms with Crippen molar-refractivity contribution in [2.24, 2.45) is 5.41 Å². The molecule has 1 fully saturated rings. The van der Waals surface area contributed by atoms with Gasteiger partial charge in [0.15, 0.2) is 0 Å². The van der Waals surface area contributed by atoms with E-state index in [0.717, 1.165) is 30.1 Å². The Morgan fingerprint density at radius 1 is 0.973 bits per heavy atom. The Morgan fingerprint density at radius 2 is 1.54 bits per heavy atom. The van der Waals surface area contributed by atoms with Crippen LogP contribution in [0.4, 0.5) is 36.8 Å². The van der Waals surface area contributed by atoms with Crippen LogP contribution >= 0.6 is 0 Å². The zero-order chi connectivity index (χ0) is 27.5. The minimum absolute atomic E-state index is 0.0220. The Hall–Kier alpha value is -2.89. The molecule has 0 saturated heterocycles. The smallest absolute Gasteiger partial charge is 0.337 e. The number of nitrogens with one attached hydrogen (secondary N) is 1. The van der Waals surface area contributed by atoms with Crippen molar-refractivity contribution in [2.45, 2.75) is 56.9 Å². The molecule has 6 nitrogen and oxygen atoms in total. The van der Waals surface area contributed by atoms with Gasteiger partial charge in [-0.05, 0) is 50.8 Å². The predicted molar refractivity (Wildman–Crippen MR) is 127 cm³/mol. The largest absolute Gasteiger partial charge is 0.451 e. The SMILES string of the molecule is CN(C)C1(c2ccccc2)CCC(C)(CN(C(=O)NCCC(F)(F)F)c2cnc(C(F)(F)F)nc2)CC1. The van der Waals surface area contributed by atoms with Gasteiger partial charge in [0.1, 0.15) is 0 Å². The summed E-state index contributed by atoms with van der Waals surface area (Å²) in [5, 5.41) is 2.23. The monoisotopic (exact) mass is 531 g/mol. The highest BCUT2D eigenvalue weighted by Gasteiger charge is 2.44. The number of alkyl halides is 6. The molecule has 1 N–H and O–H groups in total. The summed E-state index contributed by atoms with van der Waals surface area (Å²) in [6.45, 7) is 1.39. The van der Waals surface area contributed by atoms with E-state index in [0.29, 0.717) is 12.8 Å². The van der Waals surface area contributed by atoms with Crippen LogP contribution in [-0.4, -0.2) is 54.3 Å². The van der Waals surface area contributed by atoms with Crippen LogP contribution in [0.3, 0.4) is 0 Å². The van der Waals surface area contributed by atoms with Gasteiger partial charge in [-0.15, -0.1) is 0 Å². The molecule has 3 rings (SSSR count). The van der Waals surface area contributed by atoms with Gasteiger partial charge in [-0.2, -0.15) is 26.3 Å². The molecule has 37 heavy (non-hydrogen) atoms. The van der Waals surface area contributed by atoms with Crippen LogP contribution in [0.1, 0.15) is 50.4 Å². The molecule has 2 amide bonds. The summed E-state index contributed by atoms with van der Waals surface area (Å²) in [4.78, 5) is 22.9. The molecule has 1 heterocycles. The molecular weight excluding hydrogens is 500 g/mol. The number of anilines is 1. The van der Waals surface area contributed by atoms with Gasteiger partial charge >= 0.3 is 18.4 Å². The Bertz CT molecular complexity index is 1030. The van der Waals surface area contributed by atoms with E-state index in [2.05, 4.69) is 32.3 Å². The van der Waals surface area contributed by atoms with Gasteiger partial charge in [0.05, 0.1) is 24.5 Å². The zero-order valence-corrected chi connectivity index (χ0v) is 21.0. The van der Waals surface area contributed by atoms with E-state index in [1.54, 1.807) is 0 Å². The number of hydrogen-bond donors (Lipinski definition) is 1. The van der Waals surface area contributed by atoms with Crippen LogP contribution < -0.4 is 10.2 Å². The summed E-state index contributed by atoms with van der Waals surface area (Å²) in [6, 6.07) is 9.20. The minimum atomic E-state index is -4.76. The van der Waals surface area contributed by atoms with Crippen LogP contribution in [0.15, 0.2) is 42.7 Å². The minimum Gasteiger partial charge on any atom is -0.337 e. The molecule has 0 spiro atoms. The van der Waals surface area contributed by atoms with Gasteiger partial charge in [0.25, 0.3) is 0 Å². The molecule has 0 radical (unpaired) electrons.